The van der Waals surface area contributed by atoms with Crippen LogP contribution in [-0.2, 0) is 11.8 Å². The Morgan fingerprint density at radius 2 is 2.10 bits per heavy atom. The van der Waals surface area contributed by atoms with Crippen LogP contribution in [0.1, 0.15) is 0 Å². The van der Waals surface area contributed by atoms with Crippen molar-refractivity contribution < 1.29 is 4.74 Å². The lowest BCUT2D eigenvalue weighted by Crippen LogP contribution is -2.36. The Balaban J connectivity index is 1.84. The molecule has 3 aromatic heterocycles. The molecule has 0 spiro atoms. The Bertz CT molecular complexity index is 756. The largest absolute Gasteiger partial charge is 0.378 e. The molecule has 108 valence electrons. The Hall–Kier alpha value is -2.34. The zero-order chi connectivity index (χ0) is 14.2. The second kappa shape index (κ2) is 4.89. The molecule has 1 aliphatic heterocycles. The lowest BCUT2D eigenvalue weighted by molar-refractivity contribution is 0.122. The topological polar surface area (TPSA) is 59.0 Å². The van der Waals surface area contributed by atoms with E-state index in [1.54, 1.807) is 0 Å². The Kier molecular flexibility index (Phi) is 2.89. The summed E-state index contributed by atoms with van der Waals surface area (Å²) >= 11 is 0. The van der Waals surface area contributed by atoms with Crippen molar-refractivity contribution in [3.8, 4) is 11.1 Å². The monoisotopic (exact) mass is 283 g/mol. The molecule has 1 N–H and O–H groups in total. The van der Waals surface area contributed by atoms with Gasteiger partial charge in [0.2, 0.25) is 0 Å². The number of hydrogen-bond donors (Lipinski definition) is 1. The van der Waals surface area contributed by atoms with Gasteiger partial charge in [0.05, 0.1) is 31.3 Å². The van der Waals surface area contributed by atoms with Crippen molar-refractivity contribution in [3.63, 3.8) is 0 Å². The van der Waals surface area contributed by atoms with Crippen molar-refractivity contribution >= 4 is 16.7 Å². The van der Waals surface area contributed by atoms with Crippen LogP contribution in [0, 0.1) is 0 Å². The number of morpholine rings is 1. The molecule has 0 atom stereocenters. The predicted octanol–water partition coefficient (Wildman–Crippen LogP) is 1.80. The molecular weight excluding hydrogens is 266 g/mol. The molecule has 1 aliphatic rings. The highest BCUT2D eigenvalue weighted by Gasteiger charge is 2.15. The number of aromatic amines is 1. The first-order valence-corrected chi connectivity index (χ1v) is 7.10. The van der Waals surface area contributed by atoms with Gasteiger partial charge >= 0.3 is 0 Å². The molecule has 0 aromatic carbocycles. The zero-order valence-corrected chi connectivity index (χ0v) is 11.9. The molecule has 6 heteroatoms. The molecule has 0 unspecified atom stereocenters. The number of H-pyrrole nitrogens is 1. The van der Waals surface area contributed by atoms with Gasteiger partial charge in [0.25, 0.3) is 0 Å². The highest BCUT2D eigenvalue weighted by molar-refractivity contribution is 5.95. The van der Waals surface area contributed by atoms with Crippen molar-refractivity contribution in [2.24, 2.45) is 7.05 Å². The van der Waals surface area contributed by atoms with Gasteiger partial charge in [-0.1, -0.05) is 0 Å². The first-order valence-electron chi connectivity index (χ1n) is 7.10. The van der Waals surface area contributed by atoms with Gasteiger partial charge in [0.15, 0.2) is 0 Å². The van der Waals surface area contributed by atoms with Crippen LogP contribution in [0.4, 0.5) is 5.69 Å². The maximum atomic E-state index is 5.42. The number of nitrogens with one attached hydrogen (secondary N) is 1. The summed E-state index contributed by atoms with van der Waals surface area (Å²) in [5, 5.41) is 8.07. The van der Waals surface area contributed by atoms with Crippen LogP contribution in [0.15, 0.2) is 30.9 Å². The third-order valence-corrected chi connectivity index (χ3v) is 3.98. The minimum Gasteiger partial charge on any atom is -0.378 e. The summed E-state index contributed by atoms with van der Waals surface area (Å²) in [4.78, 5) is 6.96. The summed E-state index contributed by atoms with van der Waals surface area (Å²) in [7, 11) is 2.02. The molecule has 21 heavy (non-hydrogen) atoms. The average Bonchev–Trinajstić information content (AvgIpc) is 3.16. The highest BCUT2D eigenvalue weighted by atomic mass is 16.5. The van der Waals surface area contributed by atoms with Crippen molar-refractivity contribution in [3.05, 3.63) is 30.9 Å². The zero-order valence-electron chi connectivity index (χ0n) is 11.9. The molecule has 0 bridgehead atoms. The van der Waals surface area contributed by atoms with Gasteiger partial charge in [-0.15, -0.1) is 0 Å². The fraction of sp³-hybridized carbons (Fsp3) is 0.333. The van der Waals surface area contributed by atoms with Crippen LogP contribution >= 0.6 is 0 Å². The van der Waals surface area contributed by atoms with E-state index in [9.17, 15) is 0 Å². The molecule has 0 saturated carbocycles. The fourth-order valence-electron chi connectivity index (χ4n) is 2.87. The molecule has 0 radical (unpaired) electrons. The van der Waals surface area contributed by atoms with E-state index in [1.807, 2.05) is 25.6 Å². The first-order chi connectivity index (χ1) is 10.3. The standard InChI is InChI=1S/C15H17N5O/c1-19-10-14(11-7-17-18-8-11)13-6-12(9-16-15(13)19)20-2-4-21-5-3-20/h6-10H,2-5H2,1H3,(H,17,18). The SMILES string of the molecule is Cn1cc(-c2cn[nH]c2)c2cc(N3CCOCC3)cnc21. The van der Waals surface area contributed by atoms with Crippen LogP contribution in [0.5, 0.6) is 0 Å². The number of hydrogen-bond acceptors (Lipinski definition) is 4. The number of pyridine rings is 1. The van der Waals surface area contributed by atoms with Crippen LogP contribution in [-0.4, -0.2) is 46.1 Å². The van der Waals surface area contributed by atoms with E-state index in [4.69, 9.17) is 4.74 Å². The third kappa shape index (κ3) is 2.08. The molecule has 1 saturated heterocycles. The number of fused-ring (bicyclic) bond motifs is 1. The van der Waals surface area contributed by atoms with Gasteiger partial charge in [0, 0.05) is 49.0 Å². The van der Waals surface area contributed by atoms with E-state index in [0.29, 0.717) is 0 Å². The van der Waals surface area contributed by atoms with Crippen molar-refractivity contribution in [2.45, 2.75) is 0 Å². The molecule has 1 fully saturated rings. The van der Waals surface area contributed by atoms with Gasteiger partial charge in [-0.25, -0.2) is 4.98 Å². The van der Waals surface area contributed by atoms with Crippen LogP contribution < -0.4 is 4.90 Å². The molecular formula is C15H17N5O. The van der Waals surface area contributed by atoms with Crippen LogP contribution in [0.3, 0.4) is 0 Å². The van der Waals surface area contributed by atoms with Gasteiger partial charge in [-0.3, -0.25) is 5.10 Å². The molecule has 4 heterocycles. The second-order valence-electron chi connectivity index (χ2n) is 5.30. The minimum atomic E-state index is 0.779. The summed E-state index contributed by atoms with van der Waals surface area (Å²) in [5.74, 6) is 0. The van der Waals surface area contributed by atoms with E-state index >= 15 is 0 Å². The number of aromatic nitrogens is 4. The Labute approximate surface area is 122 Å². The summed E-state index contributed by atoms with van der Waals surface area (Å²) in [6.45, 7) is 3.39. The lowest BCUT2D eigenvalue weighted by atomic mass is 10.1. The number of nitrogens with zero attached hydrogens (tertiary/aromatic N) is 4. The van der Waals surface area contributed by atoms with E-state index in [2.05, 4.69) is 36.9 Å². The normalized spacial score (nSPS) is 15.8. The maximum absolute atomic E-state index is 5.42. The molecule has 0 amide bonds. The minimum absolute atomic E-state index is 0.779. The number of aryl methyl sites for hydroxylation is 1. The number of ether oxygens (including phenoxy) is 1. The van der Waals surface area contributed by atoms with E-state index in [0.717, 1.165) is 54.2 Å². The smallest absolute Gasteiger partial charge is 0.140 e. The summed E-state index contributed by atoms with van der Waals surface area (Å²) in [6.07, 6.45) is 7.81. The Morgan fingerprint density at radius 1 is 1.24 bits per heavy atom. The van der Waals surface area contributed by atoms with E-state index in [1.165, 1.54) is 0 Å². The lowest BCUT2D eigenvalue weighted by Gasteiger charge is -2.28. The third-order valence-electron chi connectivity index (χ3n) is 3.98. The Morgan fingerprint density at radius 3 is 2.86 bits per heavy atom. The van der Waals surface area contributed by atoms with Gasteiger partial charge < -0.3 is 14.2 Å². The first kappa shape index (κ1) is 12.4. The number of anilines is 1. The van der Waals surface area contributed by atoms with Crippen molar-refractivity contribution in [2.75, 3.05) is 31.2 Å². The summed E-state index contributed by atoms with van der Waals surface area (Å²) in [6, 6.07) is 2.22. The van der Waals surface area contributed by atoms with E-state index < -0.39 is 0 Å². The van der Waals surface area contributed by atoms with Gasteiger partial charge in [-0.2, -0.15) is 5.10 Å². The van der Waals surface area contributed by atoms with E-state index in [-0.39, 0.29) is 0 Å². The maximum Gasteiger partial charge on any atom is 0.140 e. The second-order valence-corrected chi connectivity index (χ2v) is 5.30. The van der Waals surface area contributed by atoms with Crippen LogP contribution in [0.25, 0.3) is 22.2 Å². The fourth-order valence-corrected chi connectivity index (χ4v) is 2.87. The molecule has 4 rings (SSSR count). The van der Waals surface area contributed by atoms with Crippen molar-refractivity contribution in [1.29, 1.82) is 0 Å². The summed E-state index contributed by atoms with van der Waals surface area (Å²) in [5.41, 5.74) is 4.38. The number of rotatable bonds is 2. The highest BCUT2D eigenvalue weighted by Crippen LogP contribution is 2.31. The average molecular weight is 283 g/mol. The predicted molar refractivity (Wildman–Crippen MR) is 81.3 cm³/mol. The molecule has 6 nitrogen and oxygen atoms in total. The van der Waals surface area contributed by atoms with Crippen LogP contribution in [0.2, 0.25) is 0 Å². The molecule has 3 aromatic rings. The molecule has 0 aliphatic carbocycles. The van der Waals surface area contributed by atoms with Crippen molar-refractivity contribution in [1.82, 2.24) is 19.7 Å². The summed E-state index contributed by atoms with van der Waals surface area (Å²) < 4.78 is 7.47. The quantitative estimate of drug-likeness (QED) is 0.779. The van der Waals surface area contributed by atoms with Gasteiger partial charge in [-0.05, 0) is 6.07 Å². The van der Waals surface area contributed by atoms with Gasteiger partial charge in [0.1, 0.15) is 5.65 Å².